The first-order chi connectivity index (χ1) is 10.1. The summed E-state index contributed by atoms with van der Waals surface area (Å²) in [6.07, 6.45) is 7.20. The molecule has 21 heavy (non-hydrogen) atoms. The Bertz CT molecular complexity index is 455. The van der Waals surface area contributed by atoms with Crippen LogP contribution in [0.4, 0.5) is 0 Å². The van der Waals surface area contributed by atoms with Crippen molar-refractivity contribution in [3.05, 3.63) is 12.2 Å². The van der Waals surface area contributed by atoms with Crippen LogP contribution in [0.3, 0.4) is 0 Å². The van der Waals surface area contributed by atoms with Crippen LogP contribution in [0, 0.1) is 11.8 Å². The van der Waals surface area contributed by atoms with Gasteiger partial charge in [0.1, 0.15) is 12.2 Å². The Morgan fingerprint density at radius 1 is 1.10 bits per heavy atom. The lowest BCUT2D eigenvalue weighted by Crippen LogP contribution is -2.32. The summed E-state index contributed by atoms with van der Waals surface area (Å²) in [5.74, 6) is 2.98. The zero-order valence-electron chi connectivity index (χ0n) is 13.9. The van der Waals surface area contributed by atoms with E-state index >= 15 is 0 Å². The molecule has 0 radical (unpaired) electrons. The molecule has 2 fully saturated rings. The SMILES string of the molecule is CCn1ncnc1CN(C)C1C[C@H]2CC(N(C)C)C[C@H]2C1. The lowest BCUT2D eigenvalue weighted by Gasteiger charge is -2.26. The molecule has 1 aromatic rings. The monoisotopic (exact) mass is 291 g/mol. The maximum atomic E-state index is 4.41. The number of aromatic nitrogens is 3. The summed E-state index contributed by atoms with van der Waals surface area (Å²) in [4.78, 5) is 9.33. The average Bonchev–Trinajstić information content (AvgIpc) is 3.11. The van der Waals surface area contributed by atoms with Crippen molar-refractivity contribution in [2.24, 2.45) is 11.8 Å². The van der Waals surface area contributed by atoms with Crippen LogP contribution in [0.15, 0.2) is 6.33 Å². The second-order valence-corrected chi connectivity index (χ2v) is 7.14. The summed E-state index contributed by atoms with van der Waals surface area (Å²) in [6, 6.07) is 1.54. The molecule has 0 N–H and O–H groups in total. The van der Waals surface area contributed by atoms with Crippen molar-refractivity contribution in [1.82, 2.24) is 24.6 Å². The highest BCUT2D eigenvalue weighted by Crippen LogP contribution is 2.46. The van der Waals surface area contributed by atoms with Gasteiger partial charge in [-0.25, -0.2) is 9.67 Å². The summed E-state index contributed by atoms with van der Waals surface area (Å²) in [5.41, 5.74) is 0. The molecule has 1 aromatic heterocycles. The standard InChI is InChI=1S/C16H29N5/c1-5-21-16(17-11-18-21)10-20(4)15-8-12-6-14(19(2)3)7-13(12)9-15/h11-15H,5-10H2,1-4H3/t12-,13+,14?,15?. The van der Waals surface area contributed by atoms with Crippen molar-refractivity contribution >= 4 is 0 Å². The van der Waals surface area contributed by atoms with Gasteiger partial charge in [-0.2, -0.15) is 5.10 Å². The predicted octanol–water partition coefficient (Wildman–Crippen LogP) is 1.85. The first-order valence-electron chi connectivity index (χ1n) is 8.31. The van der Waals surface area contributed by atoms with Gasteiger partial charge in [0.25, 0.3) is 0 Å². The number of hydrogen-bond acceptors (Lipinski definition) is 4. The van der Waals surface area contributed by atoms with E-state index in [1.807, 2.05) is 4.68 Å². The molecule has 0 aromatic carbocycles. The Hall–Kier alpha value is -0.940. The third-order valence-electron chi connectivity index (χ3n) is 5.71. The third-order valence-corrected chi connectivity index (χ3v) is 5.71. The molecule has 0 bridgehead atoms. The predicted molar refractivity (Wildman–Crippen MR) is 83.9 cm³/mol. The summed E-state index contributed by atoms with van der Waals surface area (Å²) >= 11 is 0. The third kappa shape index (κ3) is 2.99. The minimum Gasteiger partial charge on any atom is -0.306 e. The van der Waals surface area contributed by atoms with Gasteiger partial charge in [-0.3, -0.25) is 4.90 Å². The number of nitrogens with zero attached hydrogens (tertiary/aromatic N) is 5. The van der Waals surface area contributed by atoms with Crippen LogP contribution in [-0.4, -0.2) is 57.8 Å². The van der Waals surface area contributed by atoms with Gasteiger partial charge in [0.05, 0.1) is 6.54 Å². The smallest absolute Gasteiger partial charge is 0.140 e. The molecule has 0 spiro atoms. The summed E-state index contributed by atoms with van der Waals surface area (Å²) in [6.45, 7) is 3.96. The maximum absolute atomic E-state index is 4.41. The van der Waals surface area contributed by atoms with Crippen LogP contribution in [0.1, 0.15) is 38.4 Å². The zero-order valence-corrected chi connectivity index (χ0v) is 13.9. The highest BCUT2D eigenvalue weighted by atomic mass is 15.3. The first-order valence-corrected chi connectivity index (χ1v) is 8.31. The Kier molecular flexibility index (Phi) is 4.31. The number of rotatable bonds is 5. The average molecular weight is 291 g/mol. The van der Waals surface area contributed by atoms with Crippen molar-refractivity contribution in [1.29, 1.82) is 0 Å². The Labute approximate surface area is 128 Å². The van der Waals surface area contributed by atoms with Gasteiger partial charge in [0.15, 0.2) is 0 Å². The second-order valence-electron chi connectivity index (χ2n) is 7.14. The number of aryl methyl sites for hydroxylation is 1. The molecule has 4 atom stereocenters. The number of hydrogen-bond donors (Lipinski definition) is 0. The molecule has 5 heteroatoms. The van der Waals surface area contributed by atoms with Crippen molar-refractivity contribution in [2.45, 2.75) is 57.8 Å². The molecule has 118 valence electrons. The van der Waals surface area contributed by atoms with E-state index in [1.54, 1.807) is 6.33 Å². The maximum Gasteiger partial charge on any atom is 0.140 e. The molecule has 0 aliphatic heterocycles. The largest absolute Gasteiger partial charge is 0.306 e. The first kappa shape index (κ1) is 15.0. The molecule has 3 rings (SSSR count). The van der Waals surface area contributed by atoms with Gasteiger partial charge >= 0.3 is 0 Å². The number of fused-ring (bicyclic) bond motifs is 1. The van der Waals surface area contributed by atoms with Crippen molar-refractivity contribution in [2.75, 3.05) is 21.1 Å². The Morgan fingerprint density at radius 2 is 1.71 bits per heavy atom. The van der Waals surface area contributed by atoms with E-state index in [4.69, 9.17) is 0 Å². The fourth-order valence-corrected chi connectivity index (χ4v) is 4.36. The van der Waals surface area contributed by atoms with Crippen LogP contribution in [0.5, 0.6) is 0 Å². The molecule has 1 heterocycles. The Morgan fingerprint density at radius 3 is 2.29 bits per heavy atom. The topological polar surface area (TPSA) is 37.2 Å². The minimum atomic E-state index is 0.727. The van der Waals surface area contributed by atoms with E-state index < -0.39 is 0 Å². The fraction of sp³-hybridized carbons (Fsp3) is 0.875. The van der Waals surface area contributed by atoms with Crippen molar-refractivity contribution < 1.29 is 0 Å². The molecule has 2 aliphatic carbocycles. The molecule has 5 nitrogen and oxygen atoms in total. The van der Waals surface area contributed by atoms with Gasteiger partial charge < -0.3 is 4.90 Å². The molecular weight excluding hydrogens is 262 g/mol. The second kappa shape index (κ2) is 6.05. The zero-order chi connectivity index (χ0) is 15.0. The van der Waals surface area contributed by atoms with Crippen LogP contribution in [-0.2, 0) is 13.1 Å². The van der Waals surface area contributed by atoms with Gasteiger partial charge in [-0.1, -0.05) is 0 Å². The van der Waals surface area contributed by atoms with Crippen molar-refractivity contribution in [3.8, 4) is 0 Å². The van der Waals surface area contributed by atoms with Crippen molar-refractivity contribution in [3.63, 3.8) is 0 Å². The van der Waals surface area contributed by atoms with E-state index in [0.717, 1.165) is 42.8 Å². The molecule has 2 saturated carbocycles. The van der Waals surface area contributed by atoms with E-state index in [1.165, 1.54) is 25.7 Å². The lowest BCUT2D eigenvalue weighted by atomic mass is 10.0. The Balaban J connectivity index is 1.56. The van der Waals surface area contributed by atoms with Crippen LogP contribution in [0.2, 0.25) is 0 Å². The lowest BCUT2D eigenvalue weighted by molar-refractivity contribution is 0.205. The molecular formula is C16H29N5. The normalized spacial score (nSPS) is 32.3. The van der Waals surface area contributed by atoms with E-state index in [9.17, 15) is 0 Å². The van der Waals surface area contributed by atoms with Gasteiger partial charge in [-0.05, 0) is 65.6 Å². The van der Waals surface area contributed by atoms with E-state index in [-0.39, 0.29) is 0 Å². The highest BCUT2D eigenvalue weighted by Gasteiger charge is 2.43. The quantitative estimate of drug-likeness (QED) is 0.830. The molecule has 0 amide bonds. The van der Waals surface area contributed by atoms with E-state index in [2.05, 4.69) is 47.9 Å². The van der Waals surface area contributed by atoms with Crippen LogP contribution in [0.25, 0.3) is 0 Å². The minimum absolute atomic E-state index is 0.727. The molecule has 2 unspecified atom stereocenters. The van der Waals surface area contributed by atoms with Gasteiger partial charge in [0, 0.05) is 18.6 Å². The summed E-state index contributed by atoms with van der Waals surface area (Å²) in [5, 5.41) is 4.27. The van der Waals surface area contributed by atoms with Crippen LogP contribution >= 0.6 is 0 Å². The summed E-state index contributed by atoms with van der Waals surface area (Å²) in [7, 11) is 6.71. The highest BCUT2D eigenvalue weighted by molar-refractivity contribution is 4.98. The fourth-order valence-electron chi connectivity index (χ4n) is 4.36. The van der Waals surface area contributed by atoms with Gasteiger partial charge in [0.2, 0.25) is 0 Å². The van der Waals surface area contributed by atoms with Gasteiger partial charge in [-0.15, -0.1) is 0 Å². The molecule has 2 aliphatic rings. The summed E-state index contributed by atoms with van der Waals surface area (Å²) < 4.78 is 2.01. The molecule has 0 saturated heterocycles. The van der Waals surface area contributed by atoms with E-state index in [0.29, 0.717) is 0 Å². The van der Waals surface area contributed by atoms with Crippen LogP contribution < -0.4 is 0 Å².